The number of aromatic nitrogens is 2. The van der Waals surface area contributed by atoms with Gasteiger partial charge in [0.25, 0.3) is 5.92 Å². The first-order valence-corrected chi connectivity index (χ1v) is 6.18. The summed E-state index contributed by atoms with van der Waals surface area (Å²) < 4.78 is 27.9. The zero-order valence-corrected chi connectivity index (χ0v) is 10.1. The fraction of sp³-hybridized carbons (Fsp3) is 0.417. The van der Waals surface area contributed by atoms with E-state index in [2.05, 4.69) is 15.5 Å². The van der Waals surface area contributed by atoms with E-state index in [-0.39, 0.29) is 6.54 Å². The van der Waals surface area contributed by atoms with Crippen LogP contribution in [-0.4, -0.2) is 29.2 Å². The molecule has 2 aromatic rings. The maximum absolute atomic E-state index is 14.0. The van der Waals surface area contributed by atoms with Crippen molar-refractivity contribution in [2.24, 2.45) is 5.92 Å². The number of H-pyrrole nitrogens is 1. The minimum atomic E-state index is -2.66. The van der Waals surface area contributed by atoms with Gasteiger partial charge in [0.2, 0.25) is 0 Å². The zero-order valence-electron chi connectivity index (χ0n) is 9.30. The first-order valence-electron chi connectivity index (χ1n) is 5.80. The molecule has 0 amide bonds. The number of hydrogen-bond donors (Lipinski definition) is 2. The molecule has 94 valence electrons. The highest BCUT2D eigenvalue weighted by Crippen LogP contribution is 2.68. The Kier molecular flexibility index (Phi) is 1.80. The average molecular weight is 270 g/mol. The van der Waals surface area contributed by atoms with Gasteiger partial charge in [-0.1, -0.05) is 23.7 Å². The number of nitrogens with one attached hydrogen (secondary N) is 2. The summed E-state index contributed by atoms with van der Waals surface area (Å²) in [7, 11) is 0. The summed E-state index contributed by atoms with van der Waals surface area (Å²) in [6.45, 7) is 0.624. The second-order valence-corrected chi connectivity index (χ2v) is 5.42. The van der Waals surface area contributed by atoms with E-state index in [0.717, 1.165) is 0 Å². The number of halogens is 3. The van der Waals surface area contributed by atoms with Crippen LogP contribution in [0.2, 0.25) is 5.02 Å². The van der Waals surface area contributed by atoms with Crippen LogP contribution in [0.25, 0.3) is 10.9 Å². The summed E-state index contributed by atoms with van der Waals surface area (Å²) in [5, 5.41) is 11.1. The summed E-state index contributed by atoms with van der Waals surface area (Å²) in [5.74, 6) is -3.31. The number of rotatable bonds is 1. The Labute approximate surface area is 107 Å². The van der Waals surface area contributed by atoms with E-state index >= 15 is 0 Å². The van der Waals surface area contributed by atoms with Crippen LogP contribution in [0, 0.1) is 5.92 Å². The second kappa shape index (κ2) is 3.03. The minimum Gasteiger partial charge on any atom is -0.315 e. The molecule has 2 aliphatic rings. The molecule has 2 fully saturated rings. The van der Waals surface area contributed by atoms with Crippen LogP contribution in [-0.2, 0) is 5.41 Å². The monoisotopic (exact) mass is 269 g/mol. The number of piperidine rings is 1. The minimum absolute atomic E-state index is 0.275. The van der Waals surface area contributed by atoms with Gasteiger partial charge >= 0.3 is 0 Å². The van der Waals surface area contributed by atoms with Gasteiger partial charge in [0.15, 0.2) is 0 Å². The van der Waals surface area contributed by atoms with Crippen molar-refractivity contribution in [3.05, 3.63) is 28.9 Å². The summed E-state index contributed by atoms with van der Waals surface area (Å²) in [5.41, 5.74) is -0.0625. The Hall–Kier alpha value is -1.20. The quantitative estimate of drug-likeness (QED) is 0.834. The van der Waals surface area contributed by atoms with Crippen LogP contribution < -0.4 is 5.32 Å². The number of fused-ring (bicyclic) bond motifs is 2. The SMILES string of the molecule is FC1(F)C2CNCC21c1n[nH]c2c(Cl)cccc12. The topological polar surface area (TPSA) is 40.7 Å². The first kappa shape index (κ1) is 10.7. The molecule has 1 aliphatic carbocycles. The molecule has 1 aromatic carbocycles. The lowest BCUT2D eigenvalue weighted by Gasteiger charge is -2.12. The number of para-hydroxylation sites is 1. The van der Waals surface area contributed by atoms with Crippen LogP contribution in [0.5, 0.6) is 0 Å². The van der Waals surface area contributed by atoms with Crippen molar-refractivity contribution >= 4 is 22.5 Å². The lowest BCUT2D eigenvalue weighted by molar-refractivity contribution is 0.0671. The van der Waals surface area contributed by atoms with E-state index in [1.165, 1.54) is 0 Å². The average Bonchev–Trinajstić information content (AvgIpc) is 2.78. The van der Waals surface area contributed by atoms with Gasteiger partial charge in [-0.05, 0) is 6.07 Å². The highest BCUT2D eigenvalue weighted by molar-refractivity contribution is 6.35. The van der Waals surface area contributed by atoms with E-state index in [1.807, 2.05) is 0 Å². The number of nitrogens with zero attached hydrogens (tertiary/aromatic N) is 1. The maximum Gasteiger partial charge on any atom is 0.266 e. The Morgan fingerprint density at radius 3 is 2.94 bits per heavy atom. The zero-order chi connectivity index (χ0) is 12.5. The van der Waals surface area contributed by atoms with Crippen molar-refractivity contribution in [1.29, 1.82) is 0 Å². The third-order valence-corrected chi connectivity index (χ3v) is 4.58. The Balaban J connectivity index is 1.97. The van der Waals surface area contributed by atoms with E-state index < -0.39 is 17.3 Å². The molecule has 2 atom stereocenters. The van der Waals surface area contributed by atoms with Crippen LogP contribution in [0.15, 0.2) is 18.2 Å². The third-order valence-electron chi connectivity index (χ3n) is 4.27. The number of benzene rings is 1. The molecule has 1 saturated carbocycles. The van der Waals surface area contributed by atoms with E-state index in [0.29, 0.717) is 28.2 Å². The fourth-order valence-electron chi connectivity index (χ4n) is 3.24. The molecule has 1 saturated heterocycles. The predicted molar refractivity (Wildman–Crippen MR) is 64.1 cm³/mol. The largest absolute Gasteiger partial charge is 0.315 e. The third kappa shape index (κ3) is 0.974. The van der Waals surface area contributed by atoms with Crippen molar-refractivity contribution in [2.75, 3.05) is 13.1 Å². The molecular formula is C12H10ClF2N3. The summed E-state index contributed by atoms with van der Waals surface area (Å²) in [4.78, 5) is 0. The molecule has 6 heteroatoms. The van der Waals surface area contributed by atoms with Gasteiger partial charge in [-0.15, -0.1) is 0 Å². The fourth-order valence-corrected chi connectivity index (χ4v) is 3.46. The van der Waals surface area contributed by atoms with Gasteiger partial charge in [-0.25, -0.2) is 8.78 Å². The van der Waals surface area contributed by atoms with Crippen LogP contribution >= 0.6 is 11.6 Å². The normalized spacial score (nSPS) is 32.7. The van der Waals surface area contributed by atoms with Gasteiger partial charge in [0, 0.05) is 18.5 Å². The van der Waals surface area contributed by atoms with E-state index in [9.17, 15) is 8.78 Å². The Morgan fingerprint density at radius 2 is 2.22 bits per heavy atom. The molecule has 0 bridgehead atoms. The number of hydrogen-bond acceptors (Lipinski definition) is 2. The van der Waals surface area contributed by atoms with Crippen LogP contribution in [0.1, 0.15) is 5.69 Å². The van der Waals surface area contributed by atoms with Gasteiger partial charge in [0.1, 0.15) is 5.41 Å². The predicted octanol–water partition coefficient (Wildman–Crippen LogP) is 2.32. The van der Waals surface area contributed by atoms with Gasteiger partial charge in [-0.2, -0.15) is 5.10 Å². The molecular weight excluding hydrogens is 260 g/mol. The molecule has 2 unspecified atom stereocenters. The molecule has 3 nitrogen and oxygen atoms in total. The van der Waals surface area contributed by atoms with Gasteiger partial charge in [0.05, 0.1) is 22.2 Å². The Morgan fingerprint density at radius 1 is 1.39 bits per heavy atom. The molecule has 0 radical (unpaired) electrons. The van der Waals surface area contributed by atoms with Crippen molar-refractivity contribution in [3.63, 3.8) is 0 Å². The lowest BCUT2D eigenvalue weighted by Crippen LogP contribution is -2.29. The lowest BCUT2D eigenvalue weighted by atomic mass is 9.97. The second-order valence-electron chi connectivity index (χ2n) is 5.01. The van der Waals surface area contributed by atoms with Crippen molar-refractivity contribution in [1.82, 2.24) is 15.5 Å². The summed E-state index contributed by atoms with van der Waals surface area (Å²) >= 11 is 6.03. The van der Waals surface area contributed by atoms with Crippen molar-refractivity contribution in [3.8, 4) is 0 Å². The molecule has 1 aliphatic heterocycles. The molecule has 0 spiro atoms. The van der Waals surface area contributed by atoms with Crippen molar-refractivity contribution < 1.29 is 8.78 Å². The van der Waals surface area contributed by atoms with Gasteiger partial charge in [-0.3, -0.25) is 5.10 Å². The van der Waals surface area contributed by atoms with Crippen molar-refractivity contribution in [2.45, 2.75) is 11.3 Å². The standard InChI is InChI=1S/C12H10ClF2N3/c13-7-3-1-2-6-9(7)17-18-10(6)11-5-16-4-8(11)12(11,14)15/h1-3,8,16H,4-5H2,(H,17,18). The molecule has 18 heavy (non-hydrogen) atoms. The van der Waals surface area contributed by atoms with Crippen LogP contribution in [0.3, 0.4) is 0 Å². The molecule has 2 N–H and O–H groups in total. The first-order chi connectivity index (χ1) is 8.59. The smallest absolute Gasteiger partial charge is 0.266 e. The number of aromatic amines is 1. The molecule has 2 heterocycles. The number of alkyl halides is 2. The van der Waals surface area contributed by atoms with Crippen LogP contribution in [0.4, 0.5) is 8.78 Å². The molecule has 1 aromatic heterocycles. The van der Waals surface area contributed by atoms with E-state index in [4.69, 9.17) is 11.6 Å². The highest BCUT2D eigenvalue weighted by atomic mass is 35.5. The Bertz CT molecular complexity index is 654. The van der Waals surface area contributed by atoms with E-state index in [1.54, 1.807) is 18.2 Å². The highest BCUT2D eigenvalue weighted by Gasteiger charge is 2.84. The summed E-state index contributed by atoms with van der Waals surface area (Å²) in [6, 6.07) is 5.27. The maximum atomic E-state index is 14.0. The summed E-state index contributed by atoms with van der Waals surface area (Å²) in [6.07, 6.45) is 0. The van der Waals surface area contributed by atoms with Gasteiger partial charge < -0.3 is 5.32 Å². The molecule has 4 rings (SSSR count).